The summed E-state index contributed by atoms with van der Waals surface area (Å²) < 4.78 is 12.6. The molecule has 0 N–H and O–H groups in total. The zero-order valence-electron chi connectivity index (χ0n) is 11.5. The summed E-state index contributed by atoms with van der Waals surface area (Å²) in [4.78, 5) is 0. The summed E-state index contributed by atoms with van der Waals surface area (Å²) in [6.45, 7) is 7.89. The molecule has 0 atom stereocenters. The third-order valence-corrected chi connectivity index (χ3v) is 3.53. The maximum Gasteiger partial charge on any atom is 0.142 e. The van der Waals surface area contributed by atoms with Crippen molar-refractivity contribution in [1.82, 2.24) is 0 Å². The molecule has 0 nitrogen and oxygen atoms in total. The van der Waals surface area contributed by atoms with E-state index in [1.807, 2.05) is 32.0 Å². The Labute approximate surface area is 124 Å². The highest BCUT2D eigenvalue weighted by molar-refractivity contribution is 6.31. The predicted octanol–water partition coefficient (Wildman–Crippen LogP) is 6.05. The molecule has 2 aromatic rings. The van der Waals surface area contributed by atoms with E-state index in [4.69, 9.17) is 23.2 Å². The fourth-order valence-corrected chi connectivity index (χ4v) is 1.90. The van der Waals surface area contributed by atoms with Crippen LogP contribution in [-0.4, -0.2) is 0 Å². The van der Waals surface area contributed by atoms with Crippen LogP contribution in [0.25, 0.3) is 0 Å². The first-order valence-electron chi connectivity index (χ1n) is 5.96. The number of hydrogen-bond acceptors (Lipinski definition) is 0. The van der Waals surface area contributed by atoms with Crippen molar-refractivity contribution in [2.75, 3.05) is 0 Å². The van der Waals surface area contributed by atoms with Crippen LogP contribution in [0.1, 0.15) is 22.3 Å². The van der Waals surface area contributed by atoms with Gasteiger partial charge in [0, 0.05) is 5.02 Å². The molecule has 2 aromatic carbocycles. The summed E-state index contributed by atoms with van der Waals surface area (Å²) >= 11 is 11.2. The van der Waals surface area contributed by atoms with E-state index in [-0.39, 0.29) is 10.8 Å². The van der Waals surface area contributed by atoms with Crippen LogP contribution >= 0.6 is 23.2 Å². The van der Waals surface area contributed by atoms with Gasteiger partial charge >= 0.3 is 0 Å². The summed E-state index contributed by atoms with van der Waals surface area (Å²) in [5.74, 6) is -0.343. The Bertz CT molecular complexity index is 527. The zero-order valence-corrected chi connectivity index (χ0v) is 13.0. The topological polar surface area (TPSA) is 0 Å². The third kappa shape index (κ3) is 4.85. The quantitative estimate of drug-likeness (QED) is 0.555. The molecule has 0 aliphatic rings. The van der Waals surface area contributed by atoms with Gasteiger partial charge in [-0.1, -0.05) is 29.3 Å². The lowest BCUT2D eigenvalue weighted by atomic mass is 10.1. The fourth-order valence-electron chi connectivity index (χ4n) is 1.45. The minimum Gasteiger partial charge on any atom is -0.205 e. The van der Waals surface area contributed by atoms with Gasteiger partial charge in [0.25, 0.3) is 0 Å². The second kappa shape index (κ2) is 6.93. The zero-order chi connectivity index (χ0) is 14.6. The fraction of sp³-hybridized carbons (Fsp3) is 0.250. The van der Waals surface area contributed by atoms with Crippen LogP contribution in [0.5, 0.6) is 0 Å². The van der Waals surface area contributed by atoms with Crippen LogP contribution < -0.4 is 0 Å². The molecule has 0 spiro atoms. The number of hydrogen-bond donors (Lipinski definition) is 0. The highest BCUT2D eigenvalue weighted by Gasteiger charge is 2.00. The molecular weight excluding hydrogens is 282 g/mol. The van der Waals surface area contributed by atoms with E-state index < -0.39 is 0 Å². The van der Waals surface area contributed by atoms with Crippen molar-refractivity contribution in [3.8, 4) is 0 Å². The molecule has 0 heterocycles. The Morgan fingerprint density at radius 1 is 0.737 bits per heavy atom. The highest BCUT2D eigenvalue weighted by atomic mass is 35.5. The van der Waals surface area contributed by atoms with Gasteiger partial charge in [-0.2, -0.15) is 0 Å². The number of benzene rings is 2. The van der Waals surface area contributed by atoms with Gasteiger partial charge in [-0.15, -0.1) is 0 Å². The summed E-state index contributed by atoms with van der Waals surface area (Å²) in [5, 5.41) is 1.02. The van der Waals surface area contributed by atoms with E-state index in [0.29, 0.717) is 0 Å². The Hall–Kier alpha value is -1.05. The molecule has 0 fully saturated rings. The Morgan fingerprint density at radius 3 is 1.74 bits per heavy atom. The largest absolute Gasteiger partial charge is 0.205 e. The van der Waals surface area contributed by atoms with Crippen molar-refractivity contribution in [3.63, 3.8) is 0 Å². The summed E-state index contributed by atoms with van der Waals surface area (Å²) in [6, 6.07) is 8.97. The maximum atomic E-state index is 12.6. The van der Waals surface area contributed by atoms with E-state index in [2.05, 4.69) is 13.8 Å². The van der Waals surface area contributed by atoms with Crippen LogP contribution in [0.3, 0.4) is 0 Å². The molecule has 0 radical (unpaired) electrons. The molecule has 0 saturated heterocycles. The molecule has 19 heavy (non-hydrogen) atoms. The lowest BCUT2D eigenvalue weighted by Crippen LogP contribution is -1.83. The average molecular weight is 299 g/mol. The van der Waals surface area contributed by atoms with Gasteiger partial charge in [0.2, 0.25) is 0 Å². The molecule has 0 amide bonds. The first-order valence-corrected chi connectivity index (χ1v) is 6.72. The van der Waals surface area contributed by atoms with Crippen molar-refractivity contribution in [1.29, 1.82) is 0 Å². The van der Waals surface area contributed by atoms with Crippen LogP contribution in [0, 0.1) is 33.5 Å². The Kier molecular flexibility index (Phi) is 5.84. The molecule has 3 heteroatoms. The molecule has 2 rings (SSSR count). The molecule has 102 valence electrons. The van der Waals surface area contributed by atoms with Gasteiger partial charge in [-0.25, -0.2) is 4.39 Å². The Morgan fingerprint density at radius 2 is 1.26 bits per heavy atom. The monoisotopic (exact) mass is 298 g/mol. The van der Waals surface area contributed by atoms with Crippen LogP contribution in [-0.2, 0) is 0 Å². The standard InChI is InChI=1S/C8H8ClF.C8H9Cl/c1-5-3-7(9)8(10)4-6(5)2;1-6-3-4-8(9)5-7(6)2/h3-4H,1-2H3;3-5H,1-2H3. The third-order valence-electron chi connectivity index (χ3n) is 3.01. The highest BCUT2D eigenvalue weighted by Crippen LogP contribution is 2.18. The van der Waals surface area contributed by atoms with E-state index in [1.54, 1.807) is 6.07 Å². The van der Waals surface area contributed by atoms with Crippen LogP contribution in [0.2, 0.25) is 10.0 Å². The lowest BCUT2D eigenvalue weighted by molar-refractivity contribution is 0.626. The number of rotatable bonds is 0. The lowest BCUT2D eigenvalue weighted by Gasteiger charge is -1.99. The van der Waals surface area contributed by atoms with E-state index in [0.717, 1.165) is 16.1 Å². The van der Waals surface area contributed by atoms with Gasteiger partial charge in [0.1, 0.15) is 5.82 Å². The minimum atomic E-state index is -0.343. The summed E-state index contributed by atoms with van der Waals surface area (Å²) in [5.41, 5.74) is 4.50. The summed E-state index contributed by atoms with van der Waals surface area (Å²) in [6.07, 6.45) is 0. The normalized spacial score (nSPS) is 9.84. The first kappa shape index (κ1) is 16.0. The van der Waals surface area contributed by atoms with E-state index >= 15 is 0 Å². The van der Waals surface area contributed by atoms with Gasteiger partial charge in [-0.05, 0) is 74.2 Å². The molecule has 0 aliphatic heterocycles. The molecular formula is C16H17Cl2F. The van der Waals surface area contributed by atoms with Gasteiger partial charge in [0.05, 0.1) is 5.02 Å². The molecule has 0 aliphatic carbocycles. The second-order valence-corrected chi connectivity index (χ2v) is 5.42. The average Bonchev–Trinajstić information content (AvgIpc) is 2.33. The van der Waals surface area contributed by atoms with Gasteiger partial charge in [0.15, 0.2) is 0 Å². The Balaban J connectivity index is 0.000000191. The SMILES string of the molecule is Cc1cc(F)c(Cl)cc1C.Cc1ccc(Cl)cc1C. The molecule has 0 aromatic heterocycles. The summed E-state index contributed by atoms with van der Waals surface area (Å²) in [7, 11) is 0. The van der Waals surface area contributed by atoms with Crippen LogP contribution in [0.4, 0.5) is 4.39 Å². The minimum absolute atomic E-state index is 0.197. The van der Waals surface area contributed by atoms with Crippen molar-refractivity contribution in [2.45, 2.75) is 27.7 Å². The maximum absolute atomic E-state index is 12.6. The molecule has 0 unspecified atom stereocenters. The number of halogens is 3. The van der Waals surface area contributed by atoms with Gasteiger partial charge in [-0.3, -0.25) is 0 Å². The van der Waals surface area contributed by atoms with Crippen molar-refractivity contribution < 1.29 is 4.39 Å². The van der Waals surface area contributed by atoms with Crippen molar-refractivity contribution >= 4 is 23.2 Å². The molecule has 0 bridgehead atoms. The van der Waals surface area contributed by atoms with Crippen LogP contribution in [0.15, 0.2) is 30.3 Å². The smallest absolute Gasteiger partial charge is 0.142 e. The molecule has 0 saturated carbocycles. The second-order valence-electron chi connectivity index (χ2n) is 4.58. The van der Waals surface area contributed by atoms with E-state index in [1.165, 1.54) is 17.2 Å². The number of aryl methyl sites for hydroxylation is 4. The van der Waals surface area contributed by atoms with Crippen molar-refractivity contribution in [3.05, 3.63) is 68.4 Å². The predicted molar refractivity (Wildman–Crippen MR) is 81.8 cm³/mol. The van der Waals surface area contributed by atoms with Crippen molar-refractivity contribution in [2.24, 2.45) is 0 Å². The van der Waals surface area contributed by atoms with Gasteiger partial charge < -0.3 is 0 Å². The first-order chi connectivity index (χ1) is 8.81. The van der Waals surface area contributed by atoms with E-state index in [9.17, 15) is 4.39 Å².